The fraction of sp³-hybridized carbons (Fsp3) is 0.667. The Hall–Kier alpha value is -0.810. The maximum absolute atomic E-state index is 10.1. The second kappa shape index (κ2) is 6.98. The molecule has 2 aliphatic heterocycles. The molecule has 1 N–H and O–H groups in total. The largest absolute Gasteiger partial charge is 0.496 e. The number of methoxy groups -OCH3 is 1. The number of aliphatic hydroxyl groups excluding tert-OH is 1. The van der Waals surface area contributed by atoms with E-state index in [1.165, 1.54) is 0 Å². The van der Waals surface area contributed by atoms with E-state index in [-0.39, 0.29) is 6.10 Å². The van der Waals surface area contributed by atoms with Crippen molar-refractivity contribution in [3.05, 3.63) is 28.8 Å². The summed E-state index contributed by atoms with van der Waals surface area (Å²) in [6, 6.07) is 5.81. The van der Waals surface area contributed by atoms with Gasteiger partial charge >= 0.3 is 0 Å². The topological polar surface area (TPSA) is 35.9 Å². The van der Waals surface area contributed by atoms with E-state index in [0.717, 1.165) is 68.3 Å². The summed E-state index contributed by atoms with van der Waals surface area (Å²) in [5.74, 6) is 0.905. The summed E-state index contributed by atoms with van der Waals surface area (Å²) in [5.41, 5.74) is 1.44. The zero-order valence-corrected chi connectivity index (χ0v) is 14.9. The van der Waals surface area contributed by atoms with E-state index in [0.29, 0.717) is 5.41 Å². The summed E-state index contributed by atoms with van der Waals surface area (Å²) in [6.45, 7) is 4.92. The number of nitrogens with zero attached hydrogens (tertiary/aromatic N) is 2. The summed E-state index contributed by atoms with van der Waals surface area (Å²) in [7, 11) is 3.82. The number of rotatable bonds is 3. The third kappa shape index (κ3) is 4.00. The molecule has 0 aliphatic carbocycles. The molecule has 1 atom stereocenters. The Kier molecular flexibility index (Phi) is 5.16. The molecule has 0 radical (unpaired) electrons. The normalized spacial score (nSPS) is 25.7. The van der Waals surface area contributed by atoms with Crippen LogP contribution >= 0.6 is 11.6 Å². The van der Waals surface area contributed by atoms with Gasteiger partial charge in [0.1, 0.15) is 5.75 Å². The number of likely N-dealkylation sites (N-methyl/N-ethyl adjacent to an activating group) is 1. The van der Waals surface area contributed by atoms with Crippen LogP contribution in [0.1, 0.15) is 24.8 Å². The molecule has 2 fully saturated rings. The van der Waals surface area contributed by atoms with Gasteiger partial charge in [0.05, 0.1) is 13.2 Å². The second-order valence-electron chi connectivity index (χ2n) is 7.29. The van der Waals surface area contributed by atoms with E-state index < -0.39 is 0 Å². The first-order chi connectivity index (χ1) is 11.0. The molecule has 2 heterocycles. The molecule has 0 amide bonds. The number of aliphatic hydroxyl groups is 1. The Morgan fingerprint density at radius 3 is 2.74 bits per heavy atom. The summed E-state index contributed by atoms with van der Waals surface area (Å²) in [5, 5.41) is 10.9. The molecule has 4 nitrogen and oxygen atoms in total. The first kappa shape index (κ1) is 17.0. The number of hydrogen-bond donors (Lipinski definition) is 1. The standard InChI is InChI=1S/C18H27ClN2O2/c1-20-12-16(22)10-18(13-20)5-7-21(8-6-18)11-14-9-15(19)3-4-17(14)23-2/h3-4,9,16,22H,5-8,10-13H2,1-2H3. The van der Waals surface area contributed by atoms with Crippen LogP contribution in [-0.4, -0.2) is 61.3 Å². The van der Waals surface area contributed by atoms with E-state index in [4.69, 9.17) is 16.3 Å². The highest BCUT2D eigenvalue weighted by Crippen LogP contribution is 2.40. The average Bonchev–Trinajstić information content (AvgIpc) is 2.49. The van der Waals surface area contributed by atoms with Crippen LogP contribution in [0.25, 0.3) is 0 Å². The van der Waals surface area contributed by atoms with E-state index in [1.807, 2.05) is 18.2 Å². The number of benzene rings is 1. The van der Waals surface area contributed by atoms with Crippen molar-refractivity contribution >= 4 is 11.6 Å². The molecule has 23 heavy (non-hydrogen) atoms. The molecule has 0 aromatic heterocycles. The zero-order valence-electron chi connectivity index (χ0n) is 14.1. The number of halogens is 1. The highest BCUT2D eigenvalue weighted by Gasteiger charge is 2.40. The van der Waals surface area contributed by atoms with Gasteiger partial charge in [-0.1, -0.05) is 11.6 Å². The maximum atomic E-state index is 10.1. The summed E-state index contributed by atoms with van der Waals surface area (Å²) < 4.78 is 5.45. The van der Waals surface area contributed by atoms with Crippen molar-refractivity contribution in [2.45, 2.75) is 31.9 Å². The minimum Gasteiger partial charge on any atom is -0.496 e. The number of likely N-dealkylation sites (tertiary alicyclic amines) is 2. The van der Waals surface area contributed by atoms with Gasteiger partial charge in [-0.3, -0.25) is 4.90 Å². The Bertz CT molecular complexity index is 532. The van der Waals surface area contributed by atoms with Crippen molar-refractivity contribution in [2.24, 2.45) is 5.41 Å². The fourth-order valence-corrected chi connectivity index (χ4v) is 4.48. The number of β-amino-alcohol motifs (C(OH)–C–C–N with tert-alkyl or cyclic N) is 1. The Morgan fingerprint density at radius 1 is 1.35 bits per heavy atom. The quantitative estimate of drug-likeness (QED) is 0.919. The molecular weight excluding hydrogens is 312 g/mol. The minimum absolute atomic E-state index is 0.173. The lowest BCUT2D eigenvalue weighted by Crippen LogP contribution is -2.52. The summed E-state index contributed by atoms with van der Waals surface area (Å²) >= 11 is 6.13. The van der Waals surface area contributed by atoms with E-state index in [1.54, 1.807) is 7.11 Å². The summed E-state index contributed by atoms with van der Waals surface area (Å²) in [4.78, 5) is 4.75. The highest BCUT2D eigenvalue weighted by atomic mass is 35.5. The lowest BCUT2D eigenvalue weighted by atomic mass is 9.71. The molecule has 1 unspecified atom stereocenters. The van der Waals surface area contributed by atoms with Crippen LogP contribution in [0.3, 0.4) is 0 Å². The van der Waals surface area contributed by atoms with Crippen molar-refractivity contribution in [2.75, 3.05) is 40.3 Å². The molecule has 1 aromatic carbocycles. The second-order valence-corrected chi connectivity index (χ2v) is 7.72. The molecule has 2 aliphatic rings. The van der Waals surface area contributed by atoms with Crippen LogP contribution in [-0.2, 0) is 6.54 Å². The van der Waals surface area contributed by atoms with Crippen molar-refractivity contribution in [3.63, 3.8) is 0 Å². The van der Waals surface area contributed by atoms with Crippen molar-refractivity contribution in [1.82, 2.24) is 9.80 Å². The number of hydrogen-bond acceptors (Lipinski definition) is 4. The van der Waals surface area contributed by atoms with Crippen molar-refractivity contribution < 1.29 is 9.84 Å². The lowest BCUT2D eigenvalue weighted by Gasteiger charge is -2.48. The van der Waals surface area contributed by atoms with Gasteiger partial charge in [-0.15, -0.1) is 0 Å². The molecular formula is C18H27ClN2O2. The fourth-order valence-electron chi connectivity index (χ4n) is 4.29. The van der Waals surface area contributed by atoms with Crippen LogP contribution in [0.2, 0.25) is 5.02 Å². The van der Waals surface area contributed by atoms with E-state index in [9.17, 15) is 5.11 Å². The first-order valence-corrected chi connectivity index (χ1v) is 8.79. The van der Waals surface area contributed by atoms with Gasteiger partial charge < -0.3 is 14.7 Å². The van der Waals surface area contributed by atoms with Gasteiger partial charge in [0.2, 0.25) is 0 Å². The molecule has 0 saturated carbocycles. The van der Waals surface area contributed by atoms with E-state index in [2.05, 4.69) is 16.8 Å². The van der Waals surface area contributed by atoms with Crippen LogP contribution in [0.15, 0.2) is 18.2 Å². The number of ether oxygens (including phenoxy) is 1. The monoisotopic (exact) mass is 338 g/mol. The SMILES string of the molecule is COc1ccc(Cl)cc1CN1CCC2(CC1)CC(O)CN(C)C2. The molecule has 0 bridgehead atoms. The van der Waals surface area contributed by atoms with Crippen LogP contribution < -0.4 is 4.74 Å². The molecule has 128 valence electrons. The zero-order chi connectivity index (χ0) is 16.4. The Balaban J connectivity index is 1.62. The first-order valence-electron chi connectivity index (χ1n) is 8.41. The molecule has 3 rings (SSSR count). The maximum Gasteiger partial charge on any atom is 0.123 e. The summed E-state index contributed by atoms with van der Waals surface area (Å²) in [6.07, 6.45) is 3.08. The van der Waals surface area contributed by atoms with Crippen LogP contribution in [0.5, 0.6) is 5.75 Å². The lowest BCUT2D eigenvalue weighted by molar-refractivity contribution is -0.0331. The minimum atomic E-state index is -0.173. The van der Waals surface area contributed by atoms with E-state index >= 15 is 0 Å². The predicted octanol–water partition coefficient (Wildman–Crippen LogP) is 2.63. The molecule has 1 aromatic rings. The van der Waals surface area contributed by atoms with Crippen LogP contribution in [0, 0.1) is 5.41 Å². The Labute approximate surface area is 144 Å². The van der Waals surface area contributed by atoms with Crippen molar-refractivity contribution in [3.8, 4) is 5.75 Å². The Morgan fingerprint density at radius 2 is 2.09 bits per heavy atom. The molecule has 5 heteroatoms. The van der Waals surface area contributed by atoms with Gasteiger partial charge in [0, 0.05) is 30.2 Å². The van der Waals surface area contributed by atoms with Crippen molar-refractivity contribution in [1.29, 1.82) is 0 Å². The average molecular weight is 339 g/mol. The smallest absolute Gasteiger partial charge is 0.123 e. The number of piperidine rings is 2. The molecule has 2 saturated heterocycles. The van der Waals surface area contributed by atoms with Gasteiger partial charge in [-0.05, 0) is 63.0 Å². The third-order valence-electron chi connectivity index (χ3n) is 5.35. The van der Waals surface area contributed by atoms with Crippen LogP contribution in [0.4, 0.5) is 0 Å². The van der Waals surface area contributed by atoms with Gasteiger partial charge in [0.25, 0.3) is 0 Å². The predicted molar refractivity (Wildman–Crippen MR) is 93.1 cm³/mol. The molecule has 1 spiro atoms. The van der Waals surface area contributed by atoms with Gasteiger partial charge in [0.15, 0.2) is 0 Å². The van der Waals surface area contributed by atoms with Gasteiger partial charge in [-0.25, -0.2) is 0 Å². The highest BCUT2D eigenvalue weighted by molar-refractivity contribution is 6.30. The van der Waals surface area contributed by atoms with Gasteiger partial charge in [-0.2, -0.15) is 0 Å². The third-order valence-corrected chi connectivity index (χ3v) is 5.58.